The van der Waals surface area contributed by atoms with Gasteiger partial charge in [0.05, 0.1) is 6.07 Å². The molecule has 1 amide bonds. The predicted octanol–water partition coefficient (Wildman–Crippen LogP) is 2.33. The number of hydrogen-bond acceptors (Lipinski definition) is 2. The van der Waals surface area contributed by atoms with E-state index in [1.54, 1.807) is 0 Å². The molecule has 0 N–H and O–H groups in total. The Bertz CT molecular complexity index is 325. The van der Waals surface area contributed by atoms with Crippen molar-refractivity contribution < 1.29 is 4.79 Å². The Balaban J connectivity index is 2.15. The van der Waals surface area contributed by atoms with Gasteiger partial charge in [0.2, 0.25) is 5.91 Å². The summed E-state index contributed by atoms with van der Waals surface area (Å²) in [6.07, 6.45) is 4.65. The van der Waals surface area contributed by atoms with E-state index in [-0.39, 0.29) is 5.91 Å². The van der Waals surface area contributed by atoms with Crippen molar-refractivity contribution in [3.63, 3.8) is 0 Å². The SMILES string of the molecule is CC1CC(C)N(C(=O)C2(C#N)CCCC2)C1. The maximum atomic E-state index is 12.5. The second kappa shape index (κ2) is 4.08. The molecule has 0 aromatic heterocycles. The third kappa shape index (κ3) is 1.71. The summed E-state index contributed by atoms with van der Waals surface area (Å²) in [7, 11) is 0. The first-order valence-electron chi connectivity index (χ1n) is 6.31. The van der Waals surface area contributed by atoms with Crippen LogP contribution in [0.15, 0.2) is 0 Å². The zero-order valence-electron chi connectivity index (χ0n) is 10.2. The van der Waals surface area contributed by atoms with E-state index in [4.69, 9.17) is 0 Å². The van der Waals surface area contributed by atoms with E-state index in [2.05, 4.69) is 19.9 Å². The number of rotatable bonds is 1. The van der Waals surface area contributed by atoms with Crippen molar-refractivity contribution in [2.75, 3.05) is 6.54 Å². The molecule has 3 nitrogen and oxygen atoms in total. The monoisotopic (exact) mass is 220 g/mol. The third-order valence-corrected chi connectivity index (χ3v) is 4.13. The van der Waals surface area contributed by atoms with Crippen LogP contribution in [0.3, 0.4) is 0 Å². The molecule has 1 heterocycles. The van der Waals surface area contributed by atoms with Gasteiger partial charge in [0.25, 0.3) is 0 Å². The molecule has 2 fully saturated rings. The molecule has 0 aromatic rings. The van der Waals surface area contributed by atoms with Gasteiger partial charge in [0.1, 0.15) is 5.41 Å². The molecule has 1 saturated carbocycles. The summed E-state index contributed by atoms with van der Waals surface area (Å²) in [5, 5.41) is 9.30. The minimum atomic E-state index is -0.682. The highest BCUT2D eigenvalue weighted by Crippen LogP contribution is 2.41. The van der Waals surface area contributed by atoms with Gasteiger partial charge in [0.15, 0.2) is 0 Å². The second-order valence-corrected chi connectivity index (χ2v) is 5.55. The topological polar surface area (TPSA) is 44.1 Å². The molecule has 0 spiro atoms. The van der Waals surface area contributed by atoms with Crippen molar-refractivity contribution in [3.05, 3.63) is 0 Å². The molecule has 1 aliphatic carbocycles. The van der Waals surface area contributed by atoms with E-state index in [0.29, 0.717) is 12.0 Å². The van der Waals surface area contributed by atoms with Gasteiger partial charge in [-0.25, -0.2) is 0 Å². The molecule has 1 saturated heterocycles. The summed E-state index contributed by atoms with van der Waals surface area (Å²) in [5.41, 5.74) is -0.682. The molecule has 2 unspecified atom stereocenters. The van der Waals surface area contributed by atoms with E-state index in [0.717, 1.165) is 38.6 Å². The fourth-order valence-electron chi connectivity index (χ4n) is 3.21. The molecule has 0 aromatic carbocycles. The summed E-state index contributed by atoms with van der Waals surface area (Å²) in [6.45, 7) is 5.11. The van der Waals surface area contributed by atoms with Gasteiger partial charge in [0, 0.05) is 12.6 Å². The van der Waals surface area contributed by atoms with E-state index in [1.807, 2.05) is 4.90 Å². The lowest BCUT2D eigenvalue weighted by molar-refractivity contribution is -0.139. The largest absolute Gasteiger partial charge is 0.338 e. The first kappa shape index (κ1) is 11.4. The zero-order chi connectivity index (χ0) is 11.8. The Morgan fingerprint density at radius 1 is 1.38 bits per heavy atom. The van der Waals surface area contributed by atoms with E-state index in [9.17, 15) is 10.1 Å². The standard InChI is InChI=1S/C13H20N2O/c1-10-7-11(2)15(8-10)12(16)13(9-14)5-3-4-6-13/h10-11H,3-8H2,1-2H3. The van der Waals surface area contributed by atoms with Crippen LogP contribution in [0.25, 0.3) is 0 Å². The summed E-state index contributed by atoms with van der Waals surface area (Å²) in [6, 6.07) is 2.61. The minimum Gasteiger partial charge on any atom is -0.338 e. The van der Waals surface area contributed by atoms with Gasteiger partial charge in [-0.2, -0.15) is 5.26 Å². The van der Waals surface area contributed by atoms with Crippen molar-refractivity contribution >= 4 is 5.91 Å². The summed E-state index contributed by atoms with van der Waals surface area (Å²) in [4.78, 5) is 14.4. The molecular formula is C13H20N2O. The molecule has 2 atom stereocenters. The van der Waals surface area contributed by atoms with Crippen LogP contribution < -0.4 is 0 Å². The fourth-order valence-corrected chi connectivity index (χ4v) is 3.21. The average molecular weight is 220 g/mol. The first-order chi connectivity index (χ1) is 7.59. The quantitative estimate of drug-likeness (QED) is 0.680. The molecule has 2 aliphatic rings. The Morgan fingerprint density at radius 2 is 2.00 bits per heavy atom. The Kier molecular flexibility index (Phi) is 2.92. The average Bonchev–Trinajstić information content (AvgIpc) is 2.85. The number of hydrogen-bond donors (Lipinski definition) is 0. The highest BCUT2D eigenvalue weighted by atomic mass is 16.2. The Labute approximate surface area is 97.4 Å². The normalized spacial score (nSPS) is 32.7. The zero-order valence-corrected chi connectivity index (χ0v) is 10.2. The van der Waals surface area contributed by atoms with Crippen molar-refractivity contribution in [2.24, 2.45) is 11.3 Å². The molecule has 16 heavy (non-hydrogen) atoms. The second-order valence-electron chi connectivity index (χ2n) is 5.55. The van der Waals surface area contributed by atoms with Crippen LogP contribution in [-0.2, 0) is 4.79 Å². The number of carbonyl (C=O) groups is 1. The number of nitrogens with zero attached hydrogens (tertiary/aromatic N) is 2. The van der Waals surface area contributed by atoms with Gasteiger partial charge < -0.3 is 4.90 Å². The van der Waals surface area contributed by atoms with Crippen LogP contribution in [0.5, 0.6) is 0 Å². The summed E-state index contributed by atoms with van der Waals surface area (Å²) >= 11 is 0. The first-order valence-corrected chi connectivity index (χ1v) is 6.31. The highest BCUT2D eigenvalue weighted by Gasteiger charge is 2.46. The Hall–Kier alpha value is -1.04. The Morgan fingerprint density at radius 3 is 2.44 bits per heavy atom. The molecule has 3 heteroatoms. The maximum absolute atomic E-state index is 12.5. The van der Waals surface area contributed by atoms with Gasteiger partial charge in [-0.05, 0) is 32.1 Å². The number of amides is 1. The van der Waals surface area contributed by atoms with Crippen LogP contribution in [-0.4, -0.2) is 23.4 Å². The van der Waals surface area contributed by atoms with Crippen molar-refractivity contribution in [1.82, 2.24) is 4.90 Å². The van der Waals surface area contributed by atoms with E-state index >= 15 is 0 Å². The number of nitriles is 1. The molecular weight excluding hydrogens is 200 g/mol. The van der Waals surface area contributed by atoms with Crippen LogP contribution in [0.2, 0.25) is 0 Å². The lowest BCUT2D eigenvalue weighted by Gasteiger charge is -2.29. The number of carbonyl (C=O) groups excluding carboxylic acids is 1. The van der Waals surface area contributed by atoms with Gasteiger partial charge in [-0.3, -0.25) is 4.79 Å². The minimum absolute atomic E-state index is 0.101. The van der Waals surface area contributed by atoms with Crippen molar-refractivity contribution in [2.45, 2.75) is 52.0 Å². The molecule has 1 aliphatic heterocycles. The number of likely N-dealkylation sites (tertiary alicyclic amines) is 1. The van der Waals surface area contributed by atoms with Crippen LogP contribution in [0, 0.1) is 22.7 Å². The molecule has 88 valence electrons. The lowest BCUT2D eigenvalue weighted by Crippen LogP contribution is -2.43. The van der Waals surface area contributed by atoms with E-state index in [1.165, 1.54) is 0 Å². The molecule has 0 radical (unpaired) electrons. The van der Waals surface area contributed by atoms with Gasteiger partial charge in [-0.15, -0.1) is 0 Å². The van der Waals surface area contributed by atoms with Crippen LogP contribution >= 0.6 is 0 Å². The smallest absolute Gasteiger partial charge is 0.243 e. The summed E-state index contributed by atoms with van der Waals surface area (Å²) < 4.78 is 0. The highest BCUT2D eigenvalue weighted by molar-refractivity contribution is 5.86. The third-order valence-electron chi connectivity index (χ3n) is 4.13. The fraction of sp³-hybridized carbons (Fsp3) is 0.846. The maximum Gasteiger partial charge on any atom is 0.243 e. The molecule has 2 rings (SSSR count). The molecule has 0 bridgehead atoms. The van der Waals surface area contributed by atoms with Gasteiger partial charge in [-0.1, -0.05) is 19.8 Å². The lowest BCUT2D eigenvalue weighted by atomic mass is 9.86. The van der Waals surface area contributed by atoms with Crippen molar-refractivity contribution in [1.29, 1.82) is 5.26 Å². The predicted molar refractivity (Wildman–Crippen MR) is 61.5 cm³/mol. The van der Waals surface area contributed by atoms with E-state index < -0.39 is 5.41 Å². The van der Waals surface area contributed by atoms with Crippen LogP contribution in [0.1, 0.15) is 46.0 Å². The summed E-state index contributed by atoms with van der Waals surface area (Å²) in [5.74, 6) is 0.681. The van der Waals surface area contributed by atoms with Crippen molar-refractivity contribution in [3.8, 4) is 6.07 Å². The van der Waals surface area contributed by atoms with Gasteiger partial charge >= 0.3 is 0 Å². The van der Waals surface area contributed by atoms with Crippen LogP contribution in [0.4, 0.5) is 0 Å².